The number of rotatable bonds is 16. The fraction of sp³-hybridized carbons (Fsp3) is 0.0377. The molecule has 2 aliphatic heterocycles. The van der Waals surface area contributed by atoms with Crippen molar-refractivity contribution in [2.45, 2.75) is 26.2 Å². The fourth-order valence-electron chi connectivity index (χ4n) is 17.9. The lowest BCUT2D eigenvalue weighted by atomic mass is 9.33. The third-order valence-electron chi connectivity index (χ3n) is 23.0. The van der Waals surface area contributed by atoms with E-state index in [1.165, 1.54) is 36.3 Å². The SMILES string of the molecule is [2H]c1c([2H])c([2H])c(-c2ccc(N3c4cc(C(C)(C)C)ccc4B4c5ccc([Si](c6ccccc6)(c6ccccc6)c6cccc(-c7ccccc7)c6)cc5N(c5c(-c6ccccc6)cccc5-c5ccccc5)c5cc([Si](c6ccccc6)(c6ccccc6)c6cccc(-c7ccccc7)c6)cc3c54)c(-c3ccccc3)c2)c([2H])c1[2H]. The van der Waals surface area contributed by atoms with Crippen molar-refractivity contribution in [3.8, 4) is 66.8 Å². The lowest BCUT2D eigenvalue weighted by Gasteiger charge is -2.47. The minimum atomic E-state index is -3.71. The van der Waals surface area contributed by atoms with Crippen molar-refractivity contribution in [3.05, 3.63) is 442 Å². The van der Waals surface area contributed by atoms with Crippen molar-refractivity contribution < 1.29 is 6.85 Å². The normalized spacial score (nSPS) is 13.0. The van der Waals surface area contributed by atoms with E-state index in [-0.39, 0.29) is 41.9 Å². The van der Waals surface area contributed by atoms with Gasteiger partial charge in [0.1, 0.15) is 0 Å². The smallest absolute Gasteiger partial charge is 0.252 e. The van der Waals surface area contributed by atoms with Crippen LogP contribution < -0.4 is 67.7 Å². The second kappa shape index (κ2) is 28.8. The van der Waals surface area contributed by atoms with E-state index in [0.29, 0.717) is 5.56 Å². The summed E-state index contributed by atoms with van der Waals surface area (Å²) in [4.78, 5) is 5.26. The topological polar surface area (TPSA) is 6.48 Å². The minimum absolute atomic E-state index is 0.140. The molecule has 0 unspecified atom stereocenters. The fourth-order valence-corrected chi connectivity index (χ4v) is 27.5. The van der Waals surface area contributed by atoms with Gasteiger partial charge in [-0.3, -0.25) is 0 Å². The predicted octanol–water partition coefficient (Wildman–Crippen LogP) is 19.8. The highest BCUT2D eigenvalue weighted by Gasteiger charge is 2.51. The second-order valence-corrected chi connectivity index (χ2v) is 37.8. The zero-order valence-electron chi connectivity index (χ0n) is 67.2. The molecule has 2 heterocycles. The Morgan fingerprint density at radius 2 is 0.595 bits per heavy atom. The van der Waals surface area contributed by atoms with Gasteiger partial charge in [-0.15, -0.1) is 0 Å². The predicted molar refractivity (Wildman–Crippen MR) is 479 cm³/mol. The van der Waals surface area contributed by atoms with Gasteiger partial charge in [0.05, 0.1) is 18.2 Å². The van der Waals surface area contributed by atoms with Gasteiger partial charge in [0.2, 0.25) is 0 Å². The summed E-state index contributed by atoms with van der Waals surface area (Å²) in [5.74, 6) is 0. The maximum Gasteiger partial charge on any atom is 0.252 e. The molecule has 0 amide bonds. The first kappa shape index (κ1) is 62.8. The van der Waals surface area contributed by atoms with Gasteiger partial charge in [-0.1, -0.05) is 421 Å². The number of benzene rings is 17. The number of anilines is 6. The van der Waals surface area contributed by atoms with Gasteiger partial charge in [0.25, 0.3) is 6.71 Å². The van der Waals surface area contributed by atoms with E-state index >= 15 is 0 Å². The average Bonchev–Trinajstić information content (AvgIpc) is 0.680. The summed E-state index contributed by atoms with van der Waals surface area (Å²) in [5, 5.41) is 9.81. The molecular weight excluding hydrogens is 1370 g/mol. The Labute approximate surface area is 662 Å². The maximum absolute atomic E-state index is 9.53. The molecule has 0 bridgehead atoms. The number of fused-ring (bicyclic) bond motifs is 4. The quantitative estimate of drug-likeness (QED) is 0.0703. The van der Waals surface area contributed by atoms with Gasteiger partial charge in [0.15, 0.2) is 16.1 Å². The van der Waals surface area contributed by atoms with Gasteiger partial charge in [-0.05, 0) is 155 Å². The van der Waals surface area contributed by atoms with E-state index in [2.05, 4.69) is 425 Å². The molecule has 5 heteroatoms. The van der Waals surface area contributed by atoms with Crippen molar-refractivity contribution in [2.24, 2.45) is 0 Å². The Morgan fingerprint density at radius 3 is 1.05 bits per heavy atom. The summed E-state index contributed by atoms with van der Waals surface area (Å²) in [6, 6.07) is 150. The Balaban J connectivity index is 1.03. The third-order valence-corrected chi connectivity index (χ3v) is 32.5. The highest BCUT2D eigenvalue weighted by Crippen LogP contribution is 2.52. The summed E-state index contributed by atoms with van der Waals surface area (Å²) >= 11 is 0. The summed E-state index contributed by atoms with van der Waals surface area (Å²) in [6.45, 7) is 6.51. The third kappa shape index (κ3) is 12.0. The summed E-state index contributed by atoms with van der Waals surface area (Å²) in [6.07, 6.45) is 0. The molecule has 0 atom stereocenters. The van der Waals surface area contributed by atoms with E-state index < -0.39 is 22.2 Å². The molecule has 0 N–H and O–H groups in total. The molecule has 0 saturated carbocycles. The molecule has 526 valence electrons. The first-order chi connectivity index (χ1) is 56.8. The van der Waals surface area contributed by atoms with Crippen molar-refractivity contribution in [3.63, 3.8) is 0 Å². The monoisotopic (exact) mass is 1450 g/mol. The van der Waals surface area contributed by atoms with Crippen LogP contribution >= 0.6 is 0 Å². The van der Waals surface area contributed by atoms with Crippen LogP contribution in [-0.4, -0.2) is 22.9 Å². The number of nitrogens with zero attached hydrogens (tertiary/aromatic N) is 2. The molecule has 0 aromatic heterocycles. The van der Waals surface area contributed by atoms with Crippen molar-refractivity contribution in [2.75, 3.05) is 9.80 Å². The Bertz CT molecular complexity index is 6390. The van der Waals surface area contributed by atoms with Gasteiger partial charge >= 0.3 is 0 Å². The van der Waals surface area contributed by atoms with Gasteiger partial charge in [-0.25, -0.2) is 0 Å². The van der Waals surface area contributed by atoms with Crippen molar-refractivity contribution >= 4 is 115 Å². The summed E-state index contributed by atoms with van der Waals surface area (Å²) in [7, 11) is -7.17. The average molecular weight is 1450 g/mol. The van der Waals surface area contributed by atoms with Crippen molar-refractivity contribution in [1.29, 1.82) is 0 Å². The summed E-state index contributed by atoms with van der Waals surface area (Å²) < 4.78 is 45.9. The van der Waals surface area contributed by atoms with Crippen LogP contribution in [0.4, 0.5) is 34.1 Å². The molecule has 19 rings (SSSR count). The molecule has 0 saturated heterocycles. The highest BCUT2D eigenvalue weighted by molar-refractivity contribution is 7.21. The van der Waals surface area contributed by atoms with Crippen LogP contribution in [0.5, 0.6) is 0 Å². The van der Waals surface area contributed by atoms with Crippen molar-refractivity contribution in [1.82, 2.24) is 0 Å². The molecule has 0 fully saturated rings. The van der Waals surface area contributed by atoms with Gasteiger partial charge in [0, 0.05) is 39.4 Å². The van der Waals surface area contributed by atoms with Crippen LogP contribution in [-0.2, 0) is 5.41 Å². The zero-order valence-corrected chi connectivity index (χ0v) is 64.2. The Kier molecular flexibility index (Phi) is 16.3. The first-order valence-electron chi connectivity index (χ1n) is 40.9. The number of hydrogen-bond acceptors (Lipinski definition) is 2. The molecule has 2 nitrogen and oxygen atoms in total. The molecule has 111 heavy (non-hydrogen) atoms. The largest absolute Gasteiger partial charge is 0.311 e. The molecule has 17 aromatic rings. The van der Waals surface area contributed by atoms with Crippen LogP contribution in [0.3, 0.4) is 0 Å². The molecular formula is C106H81BN2Si2. The van der Waals surface area contributed by atoms with Crippen LogP contribution in [0.25, 0.3) is 66.8 Å². The lowest BCUT2D eigenvalue weighted by molar-refractivity contribution is 0.590. The zero-order chi connectivity index (χ0) is 78.8. The Morgan fingerprint density at radius 1 is 0.243 bits per heavy atom. The lowest BCUT2D eigenvalue weighted by Crippen LogP contribution is -2.75. The van der Waals surface area contributed by atoms with E-state index in [4.69, 9.17) is 4.11 Å². The van der Waals surface area contributed by atoms with Crippen LogP contribution in [0.1, 0.15) is 33.2 Å². The molecule has 2 aliphatic rings. The first-order valence-corrected chi connectivity index (χ1v) is 42.4. The second-order valence-electron chi connectivity index (χ2n) is 30.2. The number of para-hydroxylation sites is 1. The number of hydrogen-bond donors (Lipinski definition) is 0. The highest BCUT2D eigenvalue weighted by atomic mass is 28.3. The van der Waals surface area contributed by atoms with Crippen LogP contribution in [0.2, 0.25) is 0 Å². The molecule has 0 spiro atoms. The van der Waals surface area contributed by atoms with Gasteiger partial charge in [-0.2, -0.15) is 0 Å². The summed E-state index contributed by atoms with van der Waals surface area (Å²) in [5.41, 5.74) is 21.4. The minimum Gasteiger partial charge on any atom is -0.311 e. The van der Waals surface area contributed by atoms with E-state index in [0.717, 1.165) is 117 Å². The molecule has 0 radical (unpaired) electrons. The van der Waals surface area contributed by atoms with Crippen LogP contribution in [0.15, 0.2) is 437 Å². The maximum atomic E-state index is 9.53. The molecule has 0 aliphatic carbocycles. The molecule has 17 aromatic carbocycles. The standard InChI is InChI=1S/C106H81BN2Si2/c1-106(2,3)85-64-66-97-100(72-85)108(99-68-63-84(78-41-18-6-19-42-78)71-96(99)81-47-24-9-25-48-81)102-74-93(111(88-55-30-12-31-56-88,89-57-32-13-33-58-89)91-60-35-50-83(70-91)77-39-16-5-17-40-77)75-103-104(102)107(97)98-67-65-92(73-101(98)109(103)105-94(79-43-20-7-21-44-79)61-36-62-95(105)80-45-22-8-23-46-80)110(86-51-26-10-27-52-86,87-53-28-11-29-54-87)90-59-34-49-82(69-90)76-37-14-4-15-38-76/h4-75H,1-3H3/i6D,18D,19D,41D,42D. The van der Waals surface area contributed by atoms with E-state index in [1.54, 1.807) is 0 Å². The van der Waals surface area contributed by atoms with E-state index in [9.17, 15) is 2.74 Å². The van der Waals surface area contributed by atoms with Crippen LogP contribution in [0, 0.1) is 0 Å². The van der Waals surface area contributed by atoms with Gasteiger partial charge < -0.3 is 9.80 Å². The Hall–Kier alpha value is -13.2. The van der Waals surface area contributed by atoms with E-state index in [1.807, 2.05) is 12.1 Å².